The van der Waals surface area contributed by atoms with Crippen molar-refractivity contribution in [2.24, 2.45) is 17.8 Å². The summed E-state index contributed by atoms with van der Waals surface area (Å²) in [6.07, 6.45) is 11.8. The number of fused-ring (bicyclic) bond motifs is 1. The maximum absolute atomic E-state index is 2.47. The Labute approximate surface area is 92.5 Å². The van der Waals surface area contributed by atoms with Gasteiger partial charge in [-0.05, 0) is 49.1 Å². The molecule has 4 atom stereocenters. The van der Waals surface area contributed by atoms with Gasteiger partial charge in [0.05, 0.1) is 0 Å². The molecule has 2 fully saturated rings. The summed E-state index contributed by atoms with van der Waals surface area (Å²) in [6, 6.07) is 5.15. The van der Waals surface area contributed by atoms with E-state index in [9.17, 15) is 0 Å². The summed E-state index contributed by atoms with van der Waals surface area (Å²) in [7, 11) is 0. The van der Waals surface area contributed by atoms with Crippen molar-refractivity contribution in [3.05, 3.63) is 24.5 Å². The number of rotatable bonds is 1. The van der Waals surface area contributed by atoms with Crippen LogP contribution < -0.4 is 0 Å². The summed E-state index contributed by atoms with van der Waals surface area (Å²) in [5.41, 5.74) is 0. The lowest BCUT2D eigenvalue weighted by molar-refractivity contribution is 0.186. The van der Waals surface area contributed by atoms with Crippen LogP contribution in [-0.4, -0.2) is 4.57 Å². The van der Waals surface area contributed by atoms with Crippen molar-refractivity contribution in [1.82, 2.24) is 4.57 Å². The fourth-order valence-electron chi connectivity index (χ4n) is 3.99. The van der Waals surface area contributed by atoms with Crippen molar-refractivity contribution in [1.29, 1.82) is 0 Å². The molecule has 0 aliphatic heterocycles. The molecular formula is C14H21N. The standard InChI is InChI=1S/C14H21N/c1-11-9-12-5-4-6-14(13(12)10-11)15-7-2-3-8-15/h2-3,7-8,11-14H,4-6,9-10H2,1H3. The average molecular weight is 203 g/mol. The first-order valence-corrected chi connectivity index (χ1v) is 6.47. The van der Waals surface area contributed by atoms with E-state index in [2.05, 4.69) is 36.0 Å². The Morgan fingerprint density at radius 2 is 1.87 bits per heavy atom. The molecule has 15 heavy (non-hydrogen) atoms. The van der Waals surface area contributed by atoms with E-state index in [0.717, 1.165) is 23.8 Å². The molecule has 2 aliphatic carbocycles. The molecule has 0 aromatic carbocycles. The maximum atomic E-state index is 2.47. The molecule has 0 radical (unpaired) electrons. The number of nitrogens with zero attached hydrogens (tertiary/aromatic N) is 1. The maximum Gasteiger partial charge on any atom is 0.0361 e. The lowest BCUT2D eigenvalue weighted by Gasteiger charge is -2.35. The first kappa shape index (κ1) is 9.50. The van der Waals surface area contributed by atoms with Crippen LogP contribution >= 0.6 is 0 Å². The van der Waals surface area contributed by atoms with Gasteiger partial charge in [0.2, 0.25) is 0 Å². The van der Waals surface area contributed by atoms with Crippen LogP contribution in [0.1, 0.15) is 45.1 Å². The fraction of sp³-hybridized carbons (Fsp3) is 0.714. The Hall–Kier alpha value is -0.720. The summed E-state index contributed by atoms with van der Waals surface area (Å²) >= 11 is 0. The van der Waals surface area contributed by atoms with Gasteiger partial charge in [0, 0.05) is 18.4 Å². The van der Waals surface area contributed by atoms with Crippen molar-refractivity contribution in [3.8, 4) is 0 Å². The normalized spacial score (nSPS) is 40.3. The number of hydrogen-bond acceptors (Lipinski definition) is 0. The van der Waals surface area contributed by atoms with E-state index >= 15 is 0 Å². The van der Waals surface area contributed by atoms with Crippen LogP contribution in [0.15, 0.2) is 24.5 Å². The van der Waals surface area contributed by atoms with E-state index in [1.807, 2.05) is 0 Å². The quantitative estimate of drug-likeness (QED) is 0.653. The minimum atomic E-state index is 0.809. The Balaban J connectivity index is 1.83. The molecule has 1 nitrogen and oxygen atoms in total. The average Bonchev–Trinajstić information content (AvgIpc) is 2.82. The summed E-state index contributed by atoms with van der Waals surface area (Å²) in [6.45, 7) is 2.44. The van der Waals surface area contributed by atoms with Gasteiger partial charge in [-0.1, -0.05) is 19.8 Å². The Bertz CT molecular complexity index is 314. The summed E-state index contributed by atoms with van der Waals surface area (Å²) in [5, 5.41) is 0. The number of aromatic nitrogens is 1. The summed E-state index contributed by atoms with van der Waals surface area (Å²) < 4.78 is 2.47. The lowest BCUT2D eigenvalue weighted by atomic mass is 9.78. The van der Waals surface area contributed by atoms with E-state index in [1.165, 1.54) is 32.1 Å². The van der Waals surface area contributed by atoms with E-state index in [-0.39, 0.29) is 0 Å². The molecule has 0 saturated heterocycles. The molecular weight excluding hydrogens is 182 g/mol. The highest BCUT2D eigenvalue weighted by Gasteiger charge is 2.39. The highest BCUT2D eigenvalue weighted by Crippen LogP contribution is 2.49. The zero-order valence-electron chi connectivity index (χ0n) is 9.60. The molecule has 0 bridgehead atoms. The third-order valence-corrected chi connectivity index (χ3v) is 4.56. The lowest BCUT2D eigenvalue weighted by Crippen LogP contribution is -2.26. The molecule has 2 aliphatic rings. The minimum absolute atomic E-state index is 0.809. The zero-order chi connectivity index (χ0) is 10.3. The Kier molecular flexibility index (Phi) is 2.34. The van der Waals surface area contributed by atoms with E-state index in [1.54, 1.807) is 0 Å². The molecule has 82 valence electrons. The van der Waals surface area contributed by atoms with E-state index in [4.69, 9.17) is 0 Å². The Morgan fingerprint density at radius 1 is 1.07 bits per heavy atom. The van der Waals surface area contributed by atoms with Gasteiger partial charge in [-0.2, -0.15) is 0 Å². The molecule has 0 amide bonds. The Morgan fingerprint density at radius 3 is 2.67 bits per heavy atom. The second-order valence-electron chi connectivity index (χ2n) is 5.63. The summed E-state index contributed by atoms with van der Waals surface area (Å²) in [4.78, 5) is 0. The molecule has 0 N–H and O–H groups in total. The predicted octanol–water partition coefficient (Wildman–Crippen LogP) is 3.88. The molecule has 4 unspecified atom stereocenters. The van der Waals surface area contributed by atoms with Crippen LogP contribution in [0.5, 0.6) is 0 Å². The van der Waals surface area contributed by atoms with Crippen LogP contribution in [0.2, 0.25) is 0 Å². The third kappa shape index (κ3) is 1.62. The topological polar surface area (TPSA) is 4.93 Å². The van der Waals surface area contributed by atoms with Crippen LogP contribution in [-0.2, 0) is 0 Å². The minimum Gasteiger partial charge on any atom is -0.351 e. The van der Waals surface area contributed by atoms with Gasteiger partial charge in [-0.25, -0.2) is 0 Å². The monoisotopic (exact) mass is 203 g/mol. The molecule has 2 saturated carbocycles. The van der Waals surface area contributed by atoms with Crippen LogP contribution in [0, 0.1) is 17.8 Å². The first-order valence-electron chi connectivity index (χ1n) is 6.47. The highest BCUT2D eigenvalue weighted by molar-refractivity contribution is 4.98. The van der Waals surface area contributed by atoms with Crippen molar-refractivity contribution in [2.45, 2.75) is 45.1 Å². The SMILES string of the molecule is CC1CC2CCCC(n3cccc3)C2C1. The van der Waals surface area contributed by atoms with Gasteiger partial charge >= 0.3 is 0 Å². The molecule has 1 aromatic rings. The molecule has 1 heterocycles. The highest BCUT2D eigenvalue weighted by atomic mass is 15.0. The molecule has 3 rings (SSSR count). The van der Waals surface area contributed by atoms with Crippen molar-refractivity contribution < 1.29 is 0 Å². The summed E-state index contributed by atoms with van der Waals surface area (Å²) in [5.74, 6) is 2.97. The van der Waals surface area contributed by atoms with Crippen LogP contribution in [0.25, 0.3) is 0 Å². The van der Waals surface area contributed by atoms with Crippen molar-refractivity contribution in [2.75, 3.05) is 0 Å². The second-order valence-corrected chi connectivity index (χ2v) is 5.63. The van der Waals surface area contributed by atoms with Crippen LogP contribution in [0.4, 0.5) is 0 Å². The van der Waals surface area contributed by atoms with Gasteiger partial charge in [0.25, 0.3) is 0 Å². The molecule has 1 heteroatoms. The van der Waals surface area contributed by atoms with Gasteiger partial charge in [0.15, 0.2) is 0 Å². The predicted molar refractivity (Wildman–Crippen MR) is 62.7 cm³/mol. The van der Waals surface area contributed by atoms with Crippen molar-refractivity contribution in [3.63, 3.8) is 0 Å². The van der Waals surface area contributed by atoms with E-state index in [0.29, 0.717) is 0 Å². The van der Waals surface area contributed by atoms with E-state index < -0.39 is 0 Å². The van der Waals surface area contributed by atoms with Crippen LogP contribution in [0.3, 0.4) is 0 Å². The van der Waals surface area contributed by atoms with Gasteiger partial charge in [-0.3, -0.25) is 0 Å². The molecule has 0 spiro atoms. The zero-order valence-corrected chi connectivity index (χ0v) is 9.60. The first-order chi connectivity index (χ1) is 7.34. The second kappa shape index (κ2) is 3.70. The van der Waals surface area contributed by atoms with Crippen molar-refractivity contribution >= 4 is 0 Å². The van der Waals surface area contributed by atoms with Gasteiger partial charge in [-0.15, -0.1) is 0 Å². The largest absolute Gasteiger partial charge is 0.351 e. The third-order valence-electron chi connectivity index (χ3n) is 4.56. The smallest absolute Gasteiger partial charge is 0.0361 e. The van der Waals surface area contributed by atoms with Gasteiger partial charge < -0.3 is 4.57 Å². The fourth-order valence-corrected chi connectivity index (χ4v) is 3.99. The van der Waals surface area contributed by atoms with Gasteiger partial charge in [0.1, 0.15) is 0 Å². The molecule has 1 aromatic heterocycles. The number of hydrogen-bond donors (Lipinski definition) is 0.